The van der Waals surface area contributed by atoms with Gasteiger partial charge in [0.15, 0.2) is 0 Å². The molecule has 0 aliphatic carbocycles. The van der Waals surface area contributed by atoms with Crippen LogP contribution in [0, 0.1) is 0 Å². The summed E-state index contributed by atoms with van der Waals surface area (Å²) in [4.78, 5) is 0. The minimum Gasteiger partial charge on any atom is -0.151 e. The van der Waals surface area contributed by atoms with Crippen LogP contribution < -0.4 is 0 Å². The number of hydrogen-bond acceptors (Lipinski definition) is 2. The molecule has 76 valence electrons. The third-order valence-electron chi connectivity index (χ3n) is 1.79. The van der Waals surface area contributed by atoms with Crippen molar-refractivity contribution in [2.75, 3.05) is 0 Å². The van der Waals surface area contributed by atoms with E-state index in [1.54, 1.807) is 0 Å². The van der Waals surface area contributed by atoms with Crippen LogP contribution >= 0.6 is 0 Å². The molecule has 0 atom stereocenters. The zero-order valence-corrected chi connectivity index (χ0v) is 7.67. The molecule has 0 saturated heterocycles. The predicted molar refractivity (Wildman–Crippen MR) is 63.8 cm³/mol. The highest BCUT2D eigenvalue weighted by Crippen LogP contribution is 2.16. The van der Waals surface area contributed by atoms with Gasteiger partial charge in [-0.2, -0.15) is 10.2 Å². The SMILES string of the molecule is C.c1ccc(/N=N/c2ccccc2)cc1. The molecule has 2 heteroatoms. The van der Waals surface area contributed by atoms with Gasteiger partial charge in [0.05, 0.1) is 11.4 Å². The molecule has 2 aromatic carbocycles. The summed E-state index contributed by atoms with van der Waals surface area (Å²) in [5, 5.41) is 8.20. The summed E-state index contributed by atoms with van der Waals surface area (Å²) in [6.45, 7) is 0. The van der Waals surface area contributed by atoms with Gasteiger partial charge in [0, 0.05) is 0 Å². The molecule has 0 aliphatic rings. The Balaban J connectivity index is 0.00000112. The maximum atomic E-state index is 4.10. The van der Waals surface area contributed by atoms with Crippen LogP contribution in [-0.4, -0.2) is 0 Å². The van der Waals surface area contributed by atoms with Gasteiger partial charge in [-0.3, -0.25) is 0 Å². The van der Waals surface area contributed by atoms with E-state index in [9.17, 15) is 0 Å². The maximum Gasteiger partial charge on any atom is 0.0857 e. The Morgan fingerprint density at radius 3 is 1.20 bits per heavy atom. The van der Waals surface area contributed by atoms with Crippen LogP contribution in [0.5, 0.6) is 0 Å². The molecule has 2 nitrogen and oxygen atoms in total. The van der Waals surface area contributed by atoms with Gasteiger partial charge < -0.3 is 0 Å². The summed E-state index contributed by atoms with van der Waals surface area (Å²) in [5.41, 5.74) is 1.74. The molecular weight excluding hydrogens is 184 g/mol. The lowest BCUT2D eigenvalue weighted by Gasteiger charge is -1.91. The van der Waals surface area contributed by atoms with Crippen molar-refractivity contribution in [3.8, 4) is 0 Å². The zero-order valence-electron chi connectivity index (χ0n) is 7.67. The second-order valence-corrected chi connectivity index (χ2v) is 2.87. The average molecular weight is 198 g/mol. The Kier molecular flexibility index (Phi) is 4.23. The summed E-state index contributed by atoms with van der Waals surface area (Å²) < 4.78 is 0. The van der Waals surface area contributed by atoms with Crippen LogP contribution in [0.25, 0.3) is 0 Å². The normalized spacial score (nSPS) is 9.87. The summed E-state index contributed by atoms with van der Waals surface area (Å²) >= 11 is 0. The predicted octanol–water partition coefficient (Wildman–Crippen LogP) is 4.74. The summed E-state index contributed by atoms with van der Waals surface area (Å²) in [5.74, 6) is 0. The molecule has 15 heavy (non-hydrogen) atoms. The van der Waals surface area contributed by atoms with E-state index in [4.69, 9.17) is 0 Å². The fraction of sp³-hybridized carbons (Fsp3) is 0.0769. The van der Waals surface area contributed by atoms with Crippen molar-refractivity contribution in [1.82, 2.24) is 0 Å². The molecule has 0 amide bonds. The van der Waals surface area contributed by atoms with Crippen molar-refractivity contribution in [3.63, 3.8) is 0 Å². The minimum absolute atomic E-state index is 0. The van der Waals surface area contributed by atoms with Gasteiger partial charge in [0.25, 0.3) is 0 Å². The molecule has 0 aliphatic heterocycles. The van der Waals surface area contributed by atoms with Crippen molar-refractivity contribution in [1.29, 1.82) is 0 Å². The van der Waals surface area contributed by atoms with Crippen LogP contribution in [0.2, 0.25) is 0 Å². The van der Waals surface area contributed by atoms with Crippen LogP contribution in [0.4, 0.5) is 11.4 Å². The highest BCUT2D eigenvalue weighted by Gasteiger charge is 1.86. The number of hydrogen-bond donors (Lipinski definition) is 0. The molecule has 2 rings (SSSR count). The van der Waals surface area contributed by atoms with E-state index in [1.807, 2.05) is 60.7 Å². The number of rotatable bonds is 2. The average Bonchev–Trinajstić information content (AvgIpc) is 2.29. The van der Waals surface area contributed by atoms with E-state index >= 15 is 0 Å². The molecule has 0 bridgehead atoms. The van der Waals surface area contributed by atoms with E-state index in [2.05, 4.69) is 10.2 Å². The molecule has 0 spiro atoms. The molecule has 0 unspecified atom stereocenters. The van der Waals surface area contributed by atoms with E-state index in [-0.39, 0.29) is 7.43 Å². The Bertz CT molecular complexity index is 366. The van der Waals surface area contributed by atoms with Crippen LogP contribution in [0.1, 0.15) is 7.43 Å². The second kappa shape index (κ2) is 5.70. The van der Waals surface area contributed by atoms with E-state index < -0.39 is 0 Å². The number of benzene rings is 2. The Hall–Kier alpha value is -1.96. The third kappa shape index (κ3) is 3.35. The van der Waals surface area contributed by atoms with Crippen molar-refractivity contribution in [2.45, 2.75) is 7.43 Å². The number of azo groups is 1. The molecule has 0 N–H and O–H groups in total. The largest absolute Gasteiger partial charge is 0.151 e. The zero-order chi connectivity index (χ0) is 9.64. The van der Waals surface area contributed by atoms with Gasteiger partial charge in [0.1, 0.15) is 0 Å². The van der Waals surface area contributed by atoms with Gasteiger partial charge in [-0.25, -0.2) is 0 Å². The molecule has 0 aromatic heterocycles. The van der Waals surface area contributed by atoms with Crippen molar-refractivity contribution in [3.05, 3.63) is 60.7 Å². The quantitative estimate of drug-likeness (QED) is 0.623. The van der Waals surface area contributed by atoms with Crippen molar-refractivity contribution < 1.29 is 0 Å². The smallest absolute Gasteiger partial charge is 0.0857 e. The first-order valence-corrected chi connectivity index (χ1v) is 4.47. The summed E-state index contributed by atoms with van der Waals surface area (Å²) in [7, 11) is 0. The molecule has 2 aromatic rings. The Labute approximate surface area is 90.3 Å². The third-order valence-corrected chi connectivity index (χ3v) is 1.79. The fourth-order valence-corrected chi connectivity index (χ4v) is 1.10. The van der Waals surface area contributed by atoms with Crippen molar-refractivity contribution >= 4 is 11.4 Å². The van der Waals surface area contributed by atoms with Crippen LogP contribution in [0.3, 0.4) is 0 Å². The molecule has 0 fully saturated rings. The molecule has 0 heterocycles. The summed E-state index contributed by atoms with van der Waals surface area (Å²) in [6, 6.07) is 19.4. The van der Waals surface area contributed by atoms with Crippen molar-refractivity contribution in [2.24, 2.45) is 10.2 Å². The highest BCUT2D eigenvalue weighted by molar-refractivity contribution is 5.39. The van der Waals surface area contributed by atoms with Gasteiger partial charge in [0.2, 0.25) is 0 Å². The fourth-order valence-electron chi connectivity index (χ4n) is 1.10. The van der Waals surface area contributed by atoms with Gasteiger partial charge in [-0.1, -0.05) is 43.8 Å². The first-order chi connectivity index (χ1) is 6.95. The lowest BCUT2D eigenvalue weighted by Crippen LogP contribution is -1.62. The Morgan fingerprint density at radius 2 is 0.867 bits per heavy atom. The van der Waals surface area contributed by atoms with E-state index in [1.165, 1.54) is 0 Å². The monoisotopic (exact) mass is 198 g/mol. The molecule has 0 saturated carbocycles. The number of nitrogens with zero attached hydrogens (tertiary/aromatic N) is 2. The molecule has 0 radical (unpaired) electrons. The van der Waals surface area contributed by atoms with Crippen LogP contribution in [-0.2, 0) is 0 Å². The minimum atomic E-state index is 0. The standard InChI is InChI=1S/C12H10N2.CH4/c1-3-7-11(8-4-1)13-14-12-9-5-2-6-10-12;/h1-10H;1H4/b14-13+;. The first kappa shape index (κ1) is 11.1. The van der Waals surface area contributed by atoms with E-state index in [0.717, 1.165) is 11.4 Å². The van der Waals surface area contributed by atoms with Gasteiger partial charge in [-0.05, 0) is 24.3 Å². The Morgan fingerprint density at radius 1 is 0.533 bits per heavy atom. The highest BCUT2D eigenvalue weighted by atomic mass is 15.1. The first-order valence-electron chi connectivity index (χ1n) is 4.47. The lowest BCUT2D eigenvalue weighted by molar-refractivity contribution is 1.23. The van der Waals surface area contributed by atoms with Gasteiger partial charge >= 0.3 is 0 Å². The van der Waals surface area contributed by atoms with Crippen LogP contribution in [0.15, 0.2) is 70.9 Å². The summed E-state index contributed by atoms with van der Waals surface area (Å²) in [6.07, 6.45) is 0. The second-order valence-electron chi connectivity index (χ2n) is 2.87. The molecular formula is C13H14N2. The van der Waals surface area contributed by atoms with Gasteiger partial charge in [-0.15, -0.1) is 0 Å². The maximum absolute atomic E-state index is 4.10. The lowest BCUT2D eigenvalue weighted by atomic mass is 10.3. The topological polar surface area (TPSA) is 24.7 Å². The van der Waals surface area contributed by atoms with E-state index in [0.29, 0.717) is 0 Å².